The lowest BCUT2D eigenvalue weighted by molar-refractivity contribution is 0.0697. The van der Waals surface area contributed by atoms with Crippen LogP contribution in [0.5, 0.6) is 11.5 Å². The summed E-state index contributed by atoms with van der Waals surface area (Å²) in [4.78, 5) is 10.9. The highest BCUT2D eigenvalue weighted by molar-refractivity contribution is 5.87. The predicted molar refractivity (Wildman–Crippen MR) is 122 cm³/mol. The van der Waals surface area contributed by atoms with Crippen LogP contribution in [0.3, 0.4) is 0 Å². The summed E-state index contributed by atoms with van der Waals surface area (Å²) in [5.41, 5.74) is 9.80. The number of aromatic hydroxyl groups is 2. The summed E-state index contributed by atoms with van der Waals surface area (Å²) in [6, 6.07) is 10.7. The van der Waals surface area contributed by atoms with Crippen molar-refractivity contribution in [1.29, 1.82) is 0 Å². The van der Waals surface area contributed by atoms with Gasteiger partial charge in [-0.15, -0.1) is 0 Å². The summed E-state index contributed by atoms with van der Waals surface area (Å²) in [6.45, 7) is 1.86. The second-order valence-corrected chi connectivity index (χ2v) is 8.52. The lowest BCUT2D eigenvalue weighted by Crippen LogP contribution is -2.33. The largest absolute Gasteiger partial charge is 0.504 e. The number of unbranched alkanes of at least 4 members (excludes halogenated alkanes) is 3. The van der Waals surface area contributed by atoms with E-state index in [4.69, 9.17) is 10.8 Å². The molecule has 168 valence electrons. The van der Waals surface area contributed by atoms with Gasteiger partial charge in [0.25, 0.3) is 0 Å². The summed E-state index contributed by atoms with van der Waals surface area (Å²) in [7, 11) is 0. The monoisotopic (exact) mass is 426 g/mol. The number of rotatable bonds is 11. The molecule has 6 heteroatoms. The van der Waals surface area contributed by atoms with Gasteiger partial charge in [0.1, 0.15) is 0 Å². The number of carboxylic acids is 1. The maximum absolute atomic E-state index is 10.9. The van der Waals surface area contributed by atoms with Crippen molar-refractivity contribution in [2.24, 2.45) is 5.73 Å². The van der Waals surface area contributed by atoms with Gasteiger partial charge in [0.15, 0.2) is 11.5 Å². The highest BCUT2D eigenvalue weighted by atomic mass is 16.4. The zero-order chi connectivity index (χ0) is 22.2. The summed E-state index contributed by atoms with van der Waals surface area (Å²) in [5.74, 6) is -0.659. The van der Waals surface area contributed by atoms with Gasteiger partial charge in [-0.25, -0.2) is 4.79 Å². The van der Waals surface area contributed by atoms with Gasteiger partial charge in [0.05, 0.1) is 5.56 Å². The Kier molecular flexibility index (Phi) is 8.32. The topological polar surface area (TPSA) is 116 Å². The van der Waals surface area contributed by atoms with Crippen molar-refractivity contribution < 1.29 is 20.1 Å². The number of hydrogen-bond donors (Lipinski definition) is 5. The molecule has 0 radical (unpaired) electrons. The number of benzene rings is 2. The van der Waals surface area contributed by atoms with Gasteiger partial charge >= 0.3 is 5.97 Å². The normalized spacial score (nSPS) is 18.0. The van der Waals surface area contributed by atoms with E-state index >= 15 is 0 Å². The van der Waals surface area contributed by atoms with Crippen LogP contribution in [0.15, 0.2) is 36.4 Å². The van der Waals surface area contributed by atoms with E-state index in [9.17, 15) is 15.0 Å². The van der Waals surface area contributed by atoms with Crippen LogP contribution in [0, 0.1) is 0 Å². The molecule has 1 aliphatic carbocycles. The average Bonchev–Trinajstić information content (AvgIpc) is 2.76. The fourth-order valence-corrected chi connectivity index (χ4v) is 4.50. The van der Waals surface area contributed by atoms with E-state index in [1.54, 1.807) is 18.2 Å². The summed E-state index contributed by atoms with van der Waals surface area (Å²) >= 11 is 0. The Morgan fingerprint density at radius 2 is 1.74 bits per heavy atom. The molecule has 0 saturated heterocycles. The van der Waals surface area contributed by atoms with Gasteiger partial charge in [0.2, 0.25) is 0 Å². The number of phenolic OH excluding ortho intramolecular Hbond substituents is 2. The zero-order valence-corrected chi connectivity index (χ0v) is 18.0. The molecule has 0 amide bonds. The fraction of sp³-hybridized carbons (Fsp3) is 0.480. The summed E-state index contributed by atoms with van der Waals surface area (Å²) < 4.78 is 0. The maximum Gasteiger partial charge on any atom is 0.335 e. The van der Waals surface area contributed by atoms with Crippen LogP contribution in [-0.2, 0) is 12.8 Å². The van der Waals surface area contributed by atoms with E-state index in [0.717, 1.165) is 81.1 Å². The second kappa shape index (κ2) is 11.2. The molecule has 6 N–H and O–H groups in total. The molecule has 2 aromatic rings. The molecule has 2 atom stereocenters. The third-order valence-electron chi connectivity index (χ3n) is 6.35. The summed E-state index contributed by atoms with van der Waals surface area (Å²) in [6.07, 6.45) is 8.02. The van der Waals surface area contributed by atoms with Crippen molar-refractivity contribution >= 4 is 5.97 Å². The third-order valence-corrected chi connectivity index (χ3v) is 6.35. The number of aromatic carboxylic acids is 1. The lowest BCUT2D eigenvalue weighted by atomic mass is 9.76. The van der Waals surface area contributed by atoms with Crippen LogP contribution in [-0.4, -0.2) is 40.4 Å². The molecule has 0 aliphatic heterocycles. The van der Waals surface area contributed by atoms with E-state index in [2.05, 4.69) is 5.32 Å². The van der Waals surface area contributed by atoms with Crippen LogP contribution in [0.2, 0.25) is 0 Å². The minimum Gasteiger partial charge on any atom is -0.504 e. The van der Waals surface area contributed by atoms with Crippen LogP contribution < -0.4 is 11.1 Å². The SMILES string of the molecule is NC1CCc2c(ccc(O)c2O)C1CCCCCCNCCc1ccc(C(=O)O)cc1. The zero-order valence-electron chi connectivity index (χ0n) is 18.0. The number of phenols is 2. The van der Waals surface area contributed by atoms with E-state index in [-0.39, 0.29) is 23.5 Å². The highest BCUT2D eigenvalue weighted by Crippen LogP contribution is 2.42. The number of hydrogen-bond acceptors (Lipinski definition) is 5. The molecule has 0 saturated carbocycles. The van der Waals surface area contributed by atoms with E-state index in [1.807, 2.05) is 18.2 Å². The molecule has 2 aromatic carbocycles. The molecular weight excluding hydrogens is 392 g/mol. The minimum atomic E-state index is -0.892. The Bertz CT molecular complexity index is 867. The number of nitrogens with one attached hydrogen (secondary N) is 1. The first-order valence-electron chi connectivity index (χ1n) is 11.3. The Hall–Kier alpha value is -2.57. The number of nitrogens with two attached hydrogens (primary N) is 1. The molecule has 0 aromatic heterocycles. The molecular formula is C25H34N2O4. The van der Waals surface area contributed by atoms with Gasteiger partial charge in [-0.2, -0.15) is 0 Å². The molecule has 0 spiro atoms. The fourth-order valence-electron chi connectivity index (χ4n) is 4.50. The quantitative estimate of drug-likeness (QED) is 0.275. The highest BCUT2D eigenvalue weighted by Gasteiger charge is 2.29. The number of fused-ring (bicyclic) bond motifs is 1. The predicted octanol–water partition coefficient (Wildman–Crippen LogP) is 3.94. The van der Waals surface area contributed by atoms with Crippen molar-refractivity contribution in [1.82, 2.24) is 5.32 Å². The second-order valence-electron chi connectivity index (χ2n) is 8.52. The van der Waals surface area contributed by atoms with Crippen LogP contribution in [0.1, 0.15) is 71.5 Å². The first kappa shape index (κ1) is 23.1. The Morgan fingerprint density at radius 1 is 1.00 bits per heavy atom. The van der Waals surface area contributed by atoms with E-state index < -0.39 is 5.97 Å². The maximum atomic E-state index is 10.9. The molecule has 3 rings (SSSR count). The first-order chi connectivity index (χ1) is 15.0. The Labute approximate surface area is 184 Å². The van der Waals surface area contributed by atoms with Gasteiger partial charge in [-0.05, 0) is 80.4 Å². The molecule has 0 fully saturated rings. The van der Waals surface area contributed by atoms with Crippen molar-refractivity contribution in [3.63, 3.8) is 0 Å². The van der Waals surface area contributed by atoms with Crippen molar-refractivity contribution in [2.45, 2.75) is 63.3 Å². The Morgan fingerprint density at radius 3 is 2.48 bits per heavy atom. The van der Waals surface area contributed by atoms with Crippen LogP contribution in [0.4, 0.5) is 0 Å². The molecule has 0 heterocycles. The van der Waals surface area contributed by atoms with Crippen LogP contribution in [0.25, 0.3) is 0 Å². The number of carboxylic acid groups (broad SMARTS) is 1. The van der Waals surface area contributed by atoms with Gasteiger partial charge in [-0.3, -0.25) is 0 Å². The van der Waals surface area contributed by atoms with Gasteiger partial charge < -0.3 is 26.4 Å². The van der Waals surface area contributed by atoms with E-state index in [0.29, 0.717) is 5.56 Å². The first-order valence-corrected chi connectivity index (χ1v) is 11.3. The van der Waals surface area contributed by atoms with Crippen molar-refractivity contribution in [2.75, 3.05) is 13.1 Å². The third kappa shape index (κ3) is 6.21. The minimum absolute atomic E-state index is 0.0262. The van der Waals surface area contributed by atoms with Crippen molar-refractivity contribution in [3.8, 4) is 11.5 Å². The molecule has 0 bridgehead atoms. The molecule has 31 heavy (non-hydrogen) atoms. The van der Waals surface area contributed by atoms with Gasteiger partial charge in [0, 0.05) is 11.6 Å². The van der Waals surface area contributed by atoms with E-state index in [1.165, 1.54) is 0 Å². The standard InChI is InChI=1S/C25H34N2O4/c26-22-12-10-21-19(11-13-23(28)24(21)29)20(22)5-3-1-2-4-15-27-16-14-17-6-8-18(9-7-17)25(30)31/h6-9,11,13,20,22,27-29H,1-5,10,12,14-16,26H2,(H,30,31). The molecule has 2 unspecified atom stereocenters. The number of carbonyl (C=O) groups is 1. The van der Waals surface area contributed by atoms with Crippen LogP contribution >= 0.6 is 0 Å². The molecule has 1 aliphatic rings. The summed E-state index contributed by atoms with van der Waals surface area (Å²) in [5, 5.41) is 32.3. The van der Waals surface area contributed by atoms with Gasteiger partial charge in [-0.1, -0.05) is 37.5 Å². The smallest absolute Gasteiger partial charge is 0.335 e. The lowest BCUT2D eigenvalue weighted by Gasteiger charge is -2.32. The Balaban J connectivity index is 1.30. The molecule has 6 nitrogen and oxygen atoms in total. The average molecular weight is 427 g/mol. The van der Waals surface area contributed by atoms with Crippen molar-refractivity contribution in [3.05, 3.63) is 58.7 Å².